The van der Waals surface area contributed by atoms with Gasteiger partial charge in [-0.3, -0.25) is 9.59 Å². The molecule has 1 aliphatic heterocycles. The number of Topliss-reactive ketones (excluding diaryl/α,β-unsaturated/α-hetero) is 1. The number of ketones is 1. The van der Waals surface area contributed by atoms with Crippen LogP contribution < -0.4 is 14.8 Å². The minimum Gasteiger partial charge on any atom is -0.486 e. The average Bonchev–Trinajstić information content (AvgIpc) is 2.62. The first-order valence-corrected chi connectivity index (χ1v) is 8.89. The van der Waals surface area contributed by atoms with Gasteiger partial charge in [-0.05, 0) is 56.3 Å². The molecule has 5 nitrogen and oxygen atoms in total. The number of thioether (sulfide) groups is 1. The van der Waals surface area contributed by atoms with E-state index >= 15 is 0 Å². The second-order valence-corrected chi connectivity index (χ2v) is 7.10. The highest BCUT2D eigenvalue weighted by atomic mass is 32.2. The summed E-state index contributed by atoms with van der Waals surface area (Å²) in [5.74, 6) is 1.35. The standard InChI is InChI=1S/C19H19NO4S/c1-12(21)14-3-5-15(6-4-14)20-19(22)13(2)25-16-7-8-17-18(11-16)24-10-9-23-17/h3-8,11,13H,9-10H2,1-2H3,(H,20,22)/t13-/m0/s1. The van der Waals surface area contributed by atoms with Crippen LogP contribution in [-0.4, -0.2) is 30.2 Å². The number of carbonyl (C=O) groups is 2. The number of hydrogen-bond donors (Lipinski definition) is 1. The van der Waals surface area contributed by atoms with Gasteiger partial charge in [0, 0.05) is 16.1 Å². The van der Waals surface area contributed by atoms with Crippen molar-refractivity contribution in [2.24, 2.45) is 0 Å². The first kappa shape index (κ1) is 17.4. The molecule has 1 atom stereocenters. The highest BCUT2D eigenvalue weighted by Crippen LogP contribution is 2.35. The van der Waals surface area contributed by atoms with Gasteiger partial charge in [-0.25, -0.2) is 0 Å². The van der Waals surface area contributed by atoms with Crippen LogP contribution in [-0.2, 0) is 4.79 Å². The fourth-order valence-electron chi connectivity index (χ4n) is 2.39. The molecule has 1 amide bonds. The summed E-state index contributed by atoms with van der Waals surface area (Å²) in [6.07, 6.45) is 0. The Bertz CT molecular complexity index is 789. The molecule has 25 heavy (non-hydrogen) atoms. The van der Waals surface area contributed by atoms with Crippen LogP contribution in [0.2, 0.25) is 0 Å². The van der Waals surface area contributed by atoms with E-state index in [0.717, 1.165) is 10.6 Å². The zero-order valence-corrected chi connectivity index (χ0v) is 14.9. The number of carbonyl (C=O) groups excluding carboxylic acids is 2. The van der Waals surface area contributed by atoms with Gasteiger partial charge in [-0.15, -0.1) is 11.8 Å². The number of amides is 1. The molecule has 0 aliphatic carbocycles. The molecule has 3 rings (SSSR count). The van der Waals surface area contributed by atoms with Crippen LogP contribution in [0.1, 0.15) is 24.2 Å². The third-order valence-corrected chi connectivity index (χ3v) is 4.85. The van der Waals surface area contributed by atoms with Crippen LogP contribution in [0.15, 0.2) is 47.4 Å². The first-order chi connectivity index (χ1) is 12.0. The van der Waals surface area contributed by atoms with Crippen molar-refractivity contribution >= 4 is 29.1 Å². The summed E-state index contributed by atoms with van der Waals surface area (Å²) in [7, 11) is 0. The van der Waals surface area contributed by atoms with E-state index in [1.54, 1.807) is 24.3 Å². The molecule has 0 spiro atoms. The van der Waals surface area contributed by atoms with Crippen LogP contribution in [0.5, 0.6) is 11.5 Å². The fourth-order valence-corrected chi connectivity index (χ4v) is 3.28. The van der Waals surface area contributed by atoms with Crippen molar-refractivity contribution < 1.29 is 19.1 Å². The minimum absolute atomic E-state index is 0.000378. The third kappa shape index (κ3) is 4.33. The summed E-state index contributed by atoms with van der Waals surface area (Å²) >= 11 is 1.45. The molecular weight excluding hydrogens is 338 g/mol. The number of benzene rings is 2. The molecule has 0 saturated heterocycles. The van der Waals surface area contributed by atoms with Crippen molar-refractivity contribution in [1.82, 2.24) is 0 Å². The summed E-state index contributed by atoms with van der Waals surface area (Å²) in [5, 5.41) is 2.58. The average molecular weight is 357 g/mol. The Hall–Kier alpha value is -2.47. The molecule has 1 N–H and O–H groups in total. The van der Waals surface area contributed by atoms with Crippen LogP contribution in [0.25, 0.3) is 0 Å². The topological polar surface area (TPSA) is 64.6 Å². The Kier molecular flexibility index (Phi) is 5.28. The van der Waals surface area contributed by atoms with E-state index in [1.807, 2.05) is 25.1 Å². The van der Waals surface area contributed by atoms with E-state index in [0.29, 0.717) is 30.2 Å². The lowest BCUT2D eigenvalue weighted by molar-refractivity contribution is -0.115. The second-order valence-electron chi connectivity index (χ2n) is 5.69. The van der Waals surface area contributed by atoms with Gasteiger partial charge >= 0.3 is 0 Å². The molecule has 0 aromatic heterocycles. The van der Waals surface area contributed by atoms with Crippen molar-refractivity contribution in [3.8, 4) is 11.5 Å². The zero-order chi connectivity index (χ0) is 17.8. The number of nitrogens with one attached hydrogen (secondary N) is 1. The van der Waals surface area contributed by atoms with Gasteiger partial charge in [0.1, 0.15) is 13.2 Å². The molecule has 2 aromatic rings. The molecule has 0 fully saturated rings. The predicted molar refractivity (Wildman–Crippen MR) is 97.8 cm³/mol. The SMILES string of the molecule is CC(=O)c1ccc(NC(=O)[C@H](C)Sc2ccc3c(c2)OCCO3)cc1. The van der Waals surface area contributed by atoms with Gasteiger partial charge < -0.3 is 14.8 Å². The van der Waals surface area contributed by atoms with E-state index < -0.39 is 0 Å². The minimum atomic E-state index is -0.282. The number of anilines is 1. The first-order valence-electron chi connectivity index (χ1n) is 8.01. The van der Waals surface area contributed by atoms with E-state index in [-0.39, 0.29) is 16.9 Å². The predicted octanol–water partition coefficient (Wildman–Crippen LogP) is 3.78. The zero-order valence-electron chi connectivity index (χ0n) is 14.1. The van der Waals surface area contributed by atoms with Crippen molar-refractivity contribution in [2.45, 2.75) is 24.0 Å². The van der Waals surface area contributed by atoms with Gasteiger partial charge in [0.15, 0.2) is 17.3 Å². The number of ether oxygens (including phenoxy) is 2. The molecular formula is C19H19NO4S. The molecule has 0 bridgehead atoms. The normalized spacial score (nSPS) is 13.8. The molecule has 1 heterocycles. The lowest BCUT2D eigenvalue weighted by Gasteiger charge is -2.19. The lowest BCUT2D eigenvalue weighted by atomic mass is 10.1. The van der Waals surface area contributed by atoms with Crippen LogP contribution in [0, 0.1) is 0 Å². The number of rotatable bonds is 5. The van der Waals surface area contributed by atoms with Crippen LogP contribution in [0.4, 0.5) is 5.69 Å². The summed E-state index contributed by atoms with van der Waals surface area (Å²) in [6, 6.07) is 12.6. The van der Waals surface area contributed by atoms with Gasteiger partial charge in [0.05, 0.1) is 5.25 Å². The van der Waals surface area contributed by atoms with Gasteiger partial charge in [-0.1, -0.05) is 0 Å². The summed E-state index contributed by atoms with van der Waals surface area (Å²) in [5.41, 5.74) is 1.29. The highest BCUT2D eigenvalue weighted by molar-refractivity contribution is 8.00. The molecule has 0 unspecified atom stereocenters. The second kappa shape index (κ2) is 7.61. The van der Waals surface area contributed by atoms with Crippen LogP contribution in [0.3, 0.4) is 0 Å². The van der Waals surface area contributed by atoms with Crippen molar-refractivity contribution in [3.05, 3.63) is 48.0 Å². The summed E-state index contributed by atoms with van der Waals surface area (Å²) in [4.78, 5) is 24.6. The van der Waals surface area contributed by atoms with E-state index in [9.17, 15) is 9.59 Å². The van der Waals surface area contributed by atoms with Crippen molar-refractivity contribution in [2.75, 3.05) is 18.5 Å². The molecule has 1 aliphatic rings. The quantitative estimate of drug-likeness (QED) is 0.652. The largest absolute Gasteiger partial charge is 0.486 e. The molecule has 0 radical (unpaired) electrons. The Morgan fingerprint density at radius 3 is 2.40 bits per heavy atom. The molecule has 0 saturated carbocycles. The maximum Gasteiger partial charge on any atom is 0.237 e. The van der Waals surface area contributed by atoms with E-state index in [4.69, 9.17) is 9.47 Å². The highest BCUT2D eigenvalue weighted by Gasteiger charge is 2.17. The van der Waals surface area contributed by atoms with E-state index in [1.165, 1.54) is 18.7 Å². The summed E-state index contributed by atoms with van der Waals surface area (Å²) in [6.45, 7) is 4.45. The van der Waals surface area contributed by atoms with Gasteiger partial charge in [0.25, 0.3) is 0 Å². The maximum absolute atomic E-state index is 12.4. The van der Waals surface area contributed by atoms with E-state index in [2.05, 4.69) is 5.32 Å². The van der Waals surface area contributed by atoms with Gasteiger partial charge in [0.2, 0.25) is 5.91 Å². The Balaban J connectivity index is 1.61. The molecule has 2 aromatic carbocycles. The third-order valence-electron chi connectivity index (χ3n) is 3.75. The van der Waals surface area contributed by atoms with Crippen LogP contribution >= 0.6 is 11.8 Å². The van der Waals surface area contributed by atoms with Gasteiger partial charge in [-0.2, -0.15) is 0 Å². The maximum atomic E-state index is 12.4. The Labute approximate surface area is 150 Å². The van der Waals surface area contributed by atoms with Crippen molar-refractivity contribution in [1.29, 1.82) is 0 Å². The number of fused-ring (bicyclic) bond motifs is 1. The number of hydrogen-bond acceptors (Lipinski definition) is 5. The van der Waals surface area contributed by atoms with Crippen molar-refractivity contribution in [3.63, 3.8) is 0 Å². The molecule has 130 valence electrons. The Morgan fingerprint density at radius 2 is 1.72 bits per heavy atom. The monoisotopic (exact) mass is 357 g/mol. The fraction of sp³-hybridized carbons (Fsp3) is 0.263. The lowest BCUT2D eigenvalue weighted by Crippen LogP contribution is -2.22. The smallest absolute Gasteiger partial charge is 0.237 e. The molecule has 6 heteroatoms. The Morgan fingerprint density at radius 1 is 1.04 bits per heavy atom. The summed E-state index contributed by atoms with van der Waals surface area (Å²) < 4.78 is 11.1.